The minimum atomic E-state index is -3.70. The van der Waals surface area contributed by atoms with Gasteiger partial charge in [-0.3, -0.25) is 9.59 Å². The molecule has 0 fully saturated rings. The lowest BCUT2D eigenvalue weighted by Crippen LogP contribution is -2.26. The second-order valence-corrected chi connectivity index (χ2v) is 8.38. The van der Waals surface area contributed by atoms with Crippen LogP contribution in [0.3, 0.4) is 0 Å². The number of aromatic nitrogens is 1. The van der Waals surface area contributed by atoms with Crippen molar-refractivity contribution in [2.75, 3.05) is 11.9 Å². The van der Waals surface area contributed by atoms with Crippen molar-refractivity contribution >= 4 is 27.6 Å². The summed E-state index contributed by atoms with van der Waals surface area (Å²) < 4.78 is 29.1. The largest absolute Gasteiger partial charge is 0.481 e. The van der Waals surface area contributed by atoms with Crippen molar-refractivity contribution in [3.8, 4) is 0 Å². The average Bonchev–Trinajstić information content (AvgIpc) is 3.00. The second kappa shape index (κ2) is 9.68. The van der Waals surface area contributed by atoms with Gasteiger partial charge in [-0.05, 0) is 42.8 Å². The number of benzene rings is 1. The zero-order chi connectivity index (χ0) is 21.6. The summed E-state index contributed by atoms with van der Waals surface area (Å²) in [5, 5.41) is 21.4. The first-order valence-electron chi connectivity index (χ1n) is 9.02. The predicted molar refractivity (Wildman–Crippen MR) is 107 cm³/mol. The summed E-state index contributed by atoms with van der Waals surface area (Å²) in [7, 11) is -1.96. The average molecular weight is 423 g/mol. The number of rotatable bonds is 10. The molecule has 1 aromatic carbocycles. The number of nitrogens with zero attached hydrogens (tertiary/aromatic N) is 1. The second-order valence-electron chi connectivity index (χ2n) is 6.61. The van der Waals surface area contributed by atoms with E-state index in [0.29, 0.717) is 17.8 Å². The molecule has 1 heterocycles. The number of anilines is 1. The Morgan fingerprint density at radius 3 is 2.38 bits per heavy atom. The molecule has 158 valence electrons. The van der Waals surface area contributed by atoms with E-state index in [4.69, 9.17) is 5.11 Å². The number of hydrogen-bond acceptors (Lipinski definition) is 5. The molecule has 0 radical (unpaired) electrons. The topological polar surface area (TPSA) is 138 Å². The van der Waals surface area contributed by atoms with Gasteiger partial charge in [-0.1, -0.05) is 0 Å². The lowest BCUT2D eigenvalue weighted by atomic mass is 10.1. The number of aliphatic hydroxyl groups excluding tert-OH is 1. The molecule has 0 saturated heterocycles. The fourth-order valence-electron chi connectivity index (χ4n) is 2.88. The number of sulfonamides is 1. The number of carboxylic acid groups (broad SMARTS) is 1. The number of nitrogens with one attached hydrogen (secondary N) is 2. The minimum absolute atomic E-state index is 0.0864. The highest BCUT2D eigenvalue weighted by molar-refractivity contribution is 7.89. The molecule has 0 bridgehead atoms. The predicted octanol–water partition coefficient (Wildman–Crippen LogP) is 1.40. The van der Waals surface area contributed by atoms with E-state index in [9.17, 15) is 23.1 Å². The summed E-state index contributed by atoms with van der Waals surface area (Å²) >= 11 is 0. The highest BCUT2D eigenvalue weighted by Gasteiger charge is 2.17. The Bertz CT molecular complexity index is 966. The van der Waals surface area contributed by atoms with E-state index >= 15 is 0 Å². The molecular formula is C19H25N3O6S. The Balaban J connectivity index is 1.95. The van der Waals surface area contributed by atoms with E-state index in [-0.39, 0.29) is 30.2 Å². The molecule has 29 heavy (non-hydrogen) atoms. The van der Waals surface area contributed by atoms with Gasteiger partial charge >= 0.3 is 5.97 Å². The summed E-state index contributed by atoms with van der Waals surface area (Å²) in [6.07, 6.45) is -0.537. The quantitative estimate of drug-likeness (QED) is 0.456. The van der Waals surface area contributed by atoms with Crippen molar-refractivity contribution in [1.82, 2.24) is 9.29 Å². The third-order valence-corrected chi connectivity index (χ3v) is 5.87. The molecular weight excluding hydrogens is 398 g/mol. The Morgan fingerprint density at radius 2 is 1.79 bits per heavy atom. The van der Waals surface area contributed by atoms with Crippen molar-refractivity contribution < 1.29 is 28.2 Å². The Kier molecular flexibility index (Phi) is 7.54. The number of carbonyl (C=O) groups excluding carboxylic acids is 1. The van der Waals surface area contributed by atoms with Crippen LogP contribution in [0.15, 0.2) is 41.3 Å². The molecule has 4 N–H and O–H groups in total. The van der Waals surface area contributed by atoms with Gasteiger partial charge in [0.1, 0.15) is 0 Å². The van der Waals surface area contributed by atoms with Gasteiger partial charge < -0.3 is 20.1 Å². The zero-order valence-electron chi connectivity index (χ0n) is 16.3. The van der Waals surface area contributed by atoms with Crippen LogP contribution in [0.5, 0.6) is 0 Å². The van der Waals surface area contributed by atoms with E-state index in [1.54, 1.807) is 23.7 Å². The maximum absolute atomic E-state index is 12.4. The van der Waals surface area contributed by atoms with Crippen LogP contribution in [0.1, 0.15) is 37.3 Å². The summed E-state index contributed by atoms with van der Waals surface area (Å²) in [5.41, 5.74) is 1.89. The van der Waals surface area contributed by atoms with Crippen molar-refractivity contribution in [2.45, 2.75) is 37.2 Å². The third kappa shape index (κ3) is 6.41. The van der Waals surface area contributed by atoms with E-state index in [0.717, 1.165) is 5.69 Å². The molecule has 1 amide bonds. The van der Waals surface area contributed by atoms with Crippen LogP contribution >= 0.6 is 0 Å². The van der Waals surface area contributed by atoms with Crippen LogP contribution in [-0.2, 0) is 33.1 Å². The molecule has 1 aromatic heterocycles. The first-order valence-corrected chi connectivity index (χ1v) is 10.5. The first kappa shape index (κ1) is 22.6. The monoisotopic (exact) mass is 423 g/mol. The highest BCUT2D eigenvalue weighted by atomic mass is 32.2. The Morgan fingerprint density at radius 1 is 1.14 bits per heavy atom. The number of aliphatic hydroxyl groups is 1. The number of carbonyl (C=O) groups is 2. The van der Waals surface area contributed by atoms with Gasteiger partial charge in [-0.15, -0.1) is 0 Å². The molecule has 9 nitrogen and oxygen atoms in total. The van der Waals surface area contributed by atoms with Crippen LogP contribution in [0.25, 0.3) is 0 Å². The normalized spacial score (nSPS) is 12.5. The minimum Gasteiger partial charge on any atom is -0.481 e. The lowest BCUT2D eigenvalue weighted by molar-refractivity contribution is -0.137. The van der Waals surface area contributed by atoms with Gasteiger partial charge in [0.2, 0.25) is 15.9 Å². The molecule has 0 aliphatic heterocycles. The zero-order valence-corrected chi connectivity index (χ0v) is 17.1. The van der Waals surface area contributed by atoms with Gasteiger partial charge in [0.25, 0.3) is 0 Å². The molecule has 0 spiro atoms. The number of aliphatic carboxylic acids is 1. The van der Waals surface area contributed by atoms with Crippen molar-refractivity contribution in [1.29, 1.82) is 0 Å². The van der Waals surface area contributed by atoms with Crippen molar-refractivity contribution in [3.05, 3.63) is 47.8 Å². The van der Waals surface area contributed by atoms with Gasteiger partial charge in [-0.25, -0.2) is 13.1 Å². The molecule has 0 aliphatic rings. The summed E-state index contributed by atoms with van der Waals surface area (Å²) in [4.78, 5) is 21.8. The third-order valence-electron chi connectivity index (χ3n) is 4.40. The molecule has 1 atom stereocenters. The maximum Gasteiger partial charge on any atom is 0.303 e. The SMILES string of the molecule is CC(=O)Nc1ccc(S(=O)(=O)NCCc2ccc(C(O)CCC(=O)O)n2C)cc1. The fraction of sp³-hybridized carbons (Fsp3) is 0.368. The smallest absolute Gasteiger partial charge is 0.303 e. The molecule has 0 saturated carbocycles. The van der Waals surface area contributed by atoms with E-state index in [1.807, 2.05) is 0 Å². The standard InChI is InChI=1S/C19H25N3O6S/c1-13(23)21-14-3-6-16(7-4-14)29(27,28)20-12-11-15-5-8-17(22(15)2)18(24)9-10-19(25)26/h3-8,18,20,24H,9-12H2,1-2H3,(H,21,23)(H,25,26). The van der Waals surface area contributed by atoms with Gasteiger partial charge in [0.05, 0.1) is 11.0 Å². The molecule has 0 aliphatic carbocycles. The summed E-state index contributed by atoms with van der Waals surface area (Å²) in [6, 6.07) is 9.32. The van der Waals surface area contributed by atoms with Gasteiger partial charge in [0.15, 0.2) is 0 Å². The summed E-state index contributed by atoms with van der Waals surface area (Å²) in [5.74, 6) is -1.22. The molecule has 10 heteroatoms. The highest BCUT2D eigenvalue weighted by Crippen LogP contribution is 2.21. The van der Waals surface area contributed by atoms with Gasteiger partial charge in [0, 0.05) is 50.4 Å². The molecule has 2 aromatic rings. The first-order chi connectivity index (χ1) is 13.6. The van der Waals surface area contributed by atoms with Crippen LogP contribution in [0, 0.1) is 0 Å². The summed E-state index contributed by atoms with van der Waals surface area (Å²) in [6.45, 7) is 1.52. The van der Waals surface area contributed by atoms with E-state index < -0.39 is 22.1 Å². The van der Waals surface area contributed by atoms with Gasteiger partial charge in [-0.2, -0.15) is 0 Å². The number of amides is 1. The van der Waals surface area contributed by atoms with Crippen LogP contribution < -0.4 is 10.0 Å². The van der Waals surface area contributed by atoms with E-state index in [2.05, 4.69) is 10.0 Å². The van der Waals surface area contributed by atoms with Crippen molar-refractivity contribution in [3.63, 3.8) is 0 Å². The van der Waals surface area contributed by atoms with Crippen LogP contribution in [-0.4, -0.2) is 41.6 Å². The maximum atomic E-state index is 12.4. The lowest BCUT2D eigenvalue weighted by Gasteiger charge is -2.13. The van der Waals surface area contributed by atoms with Crippen LogP contribution in [0.4, 0.5) is 5.69 Å². The fourth-order valence-corrected chi connectivity index (χ4v) is 3.91. The molecule has 2 rings (SSSR count). The number of hydrogen-bond donors (Lipinski definition) is 4. The Hall–Kier alpha value is -2.69. The molecule has 1 unspecified atom stereocenters. The van der Waals surface area contributed by atoms with Crippen LogP contribution in [0.2, 0.25) is 0 Å². The van der Waals surface area contributed by atoms with Crippen molar-refractivity contribution in [2.24, 2.45) is 7.05 Å². The van der Waals surface area contributed by atoms with E-state index in [1.165, 1.54) is 31.2 Å². The Labute approximate surface area is 169 Å². The number of carboxylic acids is 1.